The van der Waals surface area contributed by atoms with E-state index in [0.717, 1.165) is 19.5 Å². The zero-order valence-corrected chi connectivity index (χ0v) is 11.5. The van der Waals surface area contributed by atoms with Crippen molar-refractivity contribution >= 4 is 23.2 Å². The maximum Gasteiger partial charge on any atom is 0.122 e. The first-order valence-electron chi connectivity index (χ1n) is 5.57. The molecule has 0 saturated heterocycles. The summed E-state index contributed by atoms with van der Waals surface area (Å²) in [6.07, 6.45) is 0.919. The molecule has 1 fully saturated rings. The number of halogens is 2. The quantitative estimate of drug-likeness (QED) is 0.736. The van der Waals surface area contributed by atoms with Gasteiger partial charge in [0.15, 0.2) is 0 Å². The van der Waals surface area contributed by atoms with Gasteiger partial charge in [-0.25, -0.2) is 0 Å². The minimum absolute atomic E-state index is 0.179. The van der Waals surface area contributed by atoms with Crippen molar-refractivity contribution in [2.45, 2.75) is 50.0 Å². The number of nitrogens with one attached hydrogen (secondary N) is 2. The first kappa shape index (κ1) is 13.6. The van der Waals surface area contributed by atoms with Crippen LogP contribution in [-0.4, -0.2) is 29.0 Å². The third-order valence-electron chi connectivity index (χ3n) is 2.61. The molecule has 0 aromatic carbocycles. The fourth-order valence-electron chi connectivity index (χ4n) is 1.37. The van der Waals surface area contributed by atoms with Crippen molar-refractivity contribution in [3.8, 4) is 0 Å². The average Bonchev–Trinajstić information content (AvgIpc) is 2.66. The Labute approximate surface area is 103 Å². The van der Waals surface area contributed by atoms with E-state index < -0.39 is 4.33 Å². The summed E-state index contributed by atoms with van der Waals surface area (Å²) in [7, 11) is 0. The summed E-state index contributed by atoms with van der Waals surface area (Å²) in [5, 5.41) is 6.90. The SMILES string of the molecule is CC(CNC(C)(C)C)NCC1CC1(Cl)Cl. The molecule has 1 aliphatic carbocycles. The van der Waals surface area contributed by atoms with E-state index in [1.165, 1.54) is 0 Å². The molecule has 2 atom stereocenters. The second-order valence-corrected chi connectivity index (χ2v) is 7.14. The molecule has 2 nitrogen and oxygen atoms in total. The van der Waals surface area contributed by atoms with E-state index in [9.17, 15) is 0 Å². The van der Waals surface area contributed by atoms with Crippen LogP contribution < -0.4 is 10.6 Å². The van der Waals surface area contributed by atoms with Crippen LogP contribution in [0.1, 0.15) is 34.1 Å². The maximum atomic E-state index is 5.95. The monoisotopic (exact) mass is 252 g/mol. The van der Waals surface area contributed by atoms with Crippen molar-refractivity contribution in [2.75, 3.05) is 13.1 Å². The molecule has 0 aliphatic heterocycles. The molecule has 2 N–H and O–H groups in total. The van der Waals surface area contributed by atoms with E-state index in [0.29, 0.717) is 12.0 Å². The van der Waals surface area contributed by atoms with Crippen molar-refractivity contribution in [1.29, 1.82) is 0 Å². The minimum atomic E-state index is -0.454. The number of alkyl halides is 2. The predicted octanol–water partition coefficient (Wildman–Crippen LogP) is 2.55. The van der Waals surface area contributed by atoms with Gasteiger partial charge < -0.3 is 10.6 Å². The Morgan fingerprint density at radius 3 is 2.33 bits per heavy atom. The third kappa shape index (κ3) is 5.39. The largest absolute Gasteiger partial charge is 0.313 e. The van der Waals surface area contributed by atoms with Gasteiger partial charge in [-0.1, -0.05) is 0 Å². The van der Waals surface area contributed by atoms with Crippen LogP contribution in [0.3, 0.4) is 0 Å². The van der Waals surface area contributed by atoms with Crippen LogP contribution in [0, 0.1) is 5.92 Å². The smallest absolute Gasteiger partial charge is 0.122 e. The Morgan fingerprint density at radius 2 is 1.93 bits per heavy atom. The molecule has 1 saturated carbocycles. The first-order chi connectivity index (χ1) is 6.71. The molecule has 2 unspecified atom stereocenters. The Morgan fingerprint density at radius 1 is 1.40 bits per heavy atom. The molecule has 1 rings (SSSR count). The maximum absolute atomic E-state index is 5.95. The Bertz CT molecular complexity index is 211. The van der Waals surface area contributed by atoms with Gasteiger partial charge >= 0.3 is 0 Å². The van der Waals surface area contributed by atoms with Crippen LogP contribution in [0.5, 0.6) is 0 Å². The van der Waals surface area contributed by atoms with E-state index in [1.54, 1.807) is 0 Å². The van der Waals surface area contributed by atoms with Crippen LogP contribution in [0.2, 0.25) is 0 Å². The van der Waals surface area contributed by atoms with Crippen LogP contribution >= 0.6 is 23.2 Å². The van der Waals surface area contributed by atoms with E-state index >= 15 is 0 Å². The van der Waals surface area contributed by atoms with E-state index in [-0.39, 0.29) is 5.54 Å². The van der Waals surface area contributed by atoms with Crippen LogP contribution in [0.25, 0.3) is 0 Å². The second kappa shape index (κ2) is 4.79. The summed E-state index contributed by atoms with van der Waals surface area (Å²) in [6, 6.07) is 0.453. The summed E-state index contributed by atoms with van der Waals surface area (Å²) in [6.45, 7) is 10.6. The molecule has 0 spiro atoms. The summed E-state index contributed by atoms with van der Waals surface area (Å²) in [5.74, 6) is 0.429. The van der Waals surface area contributed by atoms with Crippen LogP contribution in [0.15, 0.2) is 0 Å². The van der Waals surface area contributed by atoms with Crippen molar-refractivity contribution in [3.05, 3.63) is 0 Å². The molecule has 0 aromatic rings. The lowest BCUT2D eigenvalue weighted by Gasteiger charge is -2.24. The van der Waals surface area contributed by atoms with E-state index in [1.807, 2.05) is 0 Å². The fourth-order valence-corrected chi connectivity index (χ4v) is 1.89. The van der Waals surface area contributed by atoms with Gasteiger partial charge in [-0.05, 0) is 34.1 Å². The molecule has 0 radical (unpaired) electrons. The van der Waals surface area contributed by atoms with Gasteiger partial charge in [0.1, 0.15) is 4.33 Å². The van der Waals surface area contributed by atoms with Crippen molar-refractivity contribution in [1.82, 2.24) is 10.6 Å². The zero-order chi connectivity index (χ0) is 11.7. The number of rotatable bonds is 5. The zero-order valence-electron chi connectivity index (χ0n) is 10.0. The topological polar surface area (TPSA) is 24.1 Å². The minimum Gasteiger partial charge on any atom is -0.313 e. The lowest BCUT2D eigenvalue weighted by molar-refractivity contribution is 0.385. The highest BCUT2D eigenvalue weighted by Gasteiger charge is 2.51. The molecule has 0 bridgehead atoms. The van der Waals surface area contributed by atoms with Crippen LogP contribution in [-0.2, 0) is 0 Å². The predicted molar refractivity (Wildman–Crippen MR) is 67.8 cm³/mol. The van der Waals surface area contributed by atoms with Gasteiger partial charge in [-0.3, -0.25) is 0 Å². The Kier molecular flexibility index (Phi) is 4.33. The number of hydrogen-bond acceptors (Lipinski definition) is 2. The molecule has 0 heterocycles. The summed E-state index contributed by atoms with van der Waals surface area (Å²) < 4.78 is -0.454. The molecule has 4 heteroatoms. The van der Waals surface area contributed by atoms with Crippen molar-refractivity contribution < 1.29 is 0 Å². The summed E-state index contributed by atoms with van der Waals surface area (Å²) in [4.78, 5) is 0. The molecule has 0 aromatic heterocycles. The van der Waals surface area contributed by atoms with Crippen molar-refractivity contribution in [3.63, 3.8) is 0 Å². The molecular formula is C11H22Cl2N2. The highest BCUT2D eigenvalue weighted by Crippen LogP contribution is 2.52. The summed E-state index contributed by atoms with van der Waals surface area (Å²) in [5.41, 5.74) is 0.179. The molecule has 0 amide bonds. The normalized spacial score (nSPS) is 26.4. The van der Waals surface area contributed by atoms with Gasteiger partial charge in [-0.15, -0.1) is 23.2 Å². The molecular weight excluding hydrogens is 231 g/mol. The Balaban J connectivity index is 2.07. The molecule has 1 aliphatic rings. The van der Waals surface area contributed by atoms with Gasteiger partial charge in [0.05, 0.1) is 0 Å². The molecule has 15 heavy (non-hydrogen) atoms. The van der Waals surface area contributed by atoms with Gasteiger partial charge in [0.2, 0.25) is 0 Å². The first-order valence-corrected chi connectivity index (χ1v) is 6.32. The Hall–Kier alpha value is 0.500. The summed E-state index contributed by atoms with van der Waals surface area (Å²) >= 11 is 11.9. The van der Waals surface area contributed by atoms with Gasteiger partial charge in [-0.2, -0.15) is 0 Å². The standard InChI is InChI=1S/C11H22Cl2N2/c1-8(6-15-10(2,3)4)14-7-9-5-11(9,12)13/h8-9,14-15H,5-7H2,1-4H3. The number of hydrogen-bond donors (Lipinski definition) is 2. The van der Waals surface area contributed by atoms with Crippen LogP contribution in [0.4, 0.5) is 0 Å². The second-order valence-electron chi connectivity index (χ2n) is 5.60. The van der Waals surface area contributed by atoms with E-state index in [4.69, 9.17) is 23.2 Å². The van der Waals surface area contributed by atoms with Gasteiger partial charge in [0.25, 0.3) is 0 Å². The highest BCUT2D eigenvalue weighted by atomic mass is 35.5. The van der Waals surface area contributed by atoms with Crippen molar-refractivity contribution in [2.24, 2.45) is 5.92 Å². The average molecular weight is 253 g/mol. The highest BCUT2D eigenvalue weighted by molar-refractivity contribution is 6.50. The third-order valence-corrected chi connectivity index (χ3v) is 3.53. The van der Waals surface area contributed by atoms with E-state index in [2.05, 4.69) is 38.3 Å². The van der Waals surface area contributed by atoms with Gasteiger partial charge in [0, 0.05) is 30.6 Å². The fraction of sp³-hybridized carbons (Fsp3) is 1.00. The lowest BCUT2D eigenvalue weighted by atomic mass is 10.1. The molecule has 90 valence electrons. The lowest BCUT2D eigenvalue weighted by Crippen LogP contribution is -2.45.